The van der Waals surface area contributed by atoms with Gasteiger partial charge in [-0.3, -0.25) is 4.79 Å². The molecule has 1 aromatic heterocycles. The fraction of sp³-hybridized carbons (Fsp3) is 0.412. The number of hydrogen-bond acceptors (Lipinski definition) is 3. The monoisotopic (exact) mass is 284 g/mol. The SMILES string of the molecule is Cc1cc([C@H]2CCCN2C(=O)CCc2ccccc2)no1. The Morgan fingerprint density at radius 2 is 2.19 bits per heavy atom. The van der Waals surface area contributed by atoms with E-state index >= 15 is 0 Å². The van der Waals surface area contributed by atoms with Gasteiger partial charge in [-0.15, -0.1) is 0 Å². The van der Waals surface area contributed by atoms with Crippen molar-refractivity contribution in [2.45, 2.75) is 38.6 Å². The van der Waals surface area contributed by atoms with Crippen molar-refractivity contribution < 1.29 is 9.32 Å². The van der Waals surface area contributed by atoms with Crippen LogP contribution in [0, 0.1) is 6.92 Å². The number of aromatic nitrogens is 1. The summed E-state index contributed by atoms with van der Waals surface area (Å²) in [4.78, 5) is 14.4. The zero-order valence-corrected chi connectivity index (χ0v) is 12.3. The van der Waals surface area contributed by atoms with E-state index in [1.54, 1.807) is 0 Å². The number of likely N-dealkylation sites (tertiary alicyclic amines) is 1. The van der Waals surface area contributed by atoms with E-state index in [0.717, 1.165) is 37.3 Å². The molecule has 1 aromatic carbocycles. The summed E-state index contributed by atoms with van der Waals surface area (Å²) in [5, 5.41) is 4.08. The van der Waals surface area contributed by atoms with Gasteiger partial charge in [-0.05, 0) is 31.7 Å². The quantitative estimate of drug-likeness (QED) is 0.865. The van der Waals surface area contributed by atoms with Crippen LogP contribution in [0.1, 0.15) is 42.3 Å². The molecule has 0 bridgehead atoms. The molecule has 0 saturated carbocycles. The molecule has 2 heterocycles. The van der Waals surface area contributed by atoms with E-state index in [0.29, 0.717) is 6.42 Å². The molecule has 1 aliphatic rings. The third kappa shape index (κ3) is 3.15. The maximum absolute atomic E-state index is 12.5. The molecule has 2 aromatic rings. The Labute approximate surface area is 124 Å². The second kappa shape index (κ2) is 6.12. The Hall–Kier alpha value is -2.10. The van der Waals surface area contributed by atoms with Crippen LogP contribution in [0.3, 0.4) is 0 Å². The molecule has 0 aliphatic carbocycles. The van der Waals surface area contributed by atoms with E-state index in [1.807, 2.05) is 36.1 Å². The highest BCUT2D eigenvalue weighted by molar-refractivity contribution is 5.77. The first-order valence-electron chi connectivity index (χ1n) is 7.50. The van der Waals surface area contributed by atoms with Crippen LogP contribution in [0.5, 0.6) is 0 Å². The van der Waals surface area contributed by atoms with Gasteiger partial charge >= 0.3 is 0 Å². The predicted octanol–water partition coefficient (Wildman–Crippen LogP) is 3.28. The van der Waals surface area contributed by atoms with Gasteiger partial charge in [0, 0.05) is 19.0 Å². The van der Waals surface area contributed by atoms with Crippen LogP contribution < -0.4 is 0 Å². The van der Waals surface area contributed by atoms with Gasteiger partial charge in [-0.1, -0.05) is 35.5 Å². The first kappa shape index (κ1) is 13.9. The van der Waals surface area contributed by atoms with E-state index in [-0.39, 0.29) is 11.9 Å². The number of benzene rings is 1. The third-order valence-corrected chi connectivity index (χ3v) is 4.03. The highest BCUT2D eigenvalue weighted by Gasteiger charge is 2.31. The highest BCUT2D eigenvalue weighted by Crippen LogP contribution is 2.32. The third-order valence-electron chi connectivity index (χ3n) is 4.03. The van der Waals surface area contributed by atoms with Gasteiger partial charge in [0.1, 0.15) is 11.5 Å². The number of hydrogen-bond donors (Lipinski definition) is 0. The molecule has 1 aliphatic heterocycles. The molecule has 4 nitrogen and oxygen atoms in total. The number of amides is 1. The molecule has 1 atom stereocenters. The molecule has 3 rings (SSSR count). The summed E-state index contributed by atoms with van der Waals surface area (Å²) in [6, 6.07) is 12.2. The Balaban J connectivity index is 1.63. The van der Waals surface area contributed by atoms with Crippen molar-refractivity contribution in [3.8, 4) is 0 Å². The molecule has 1 amide bonds. The van der Waals surface area contributed by atoms with Crippen LogP contribution in [0.15, 0.2) is 40.9 Å². The van der Waals surface area contributed by atoms with Crippen molar-refractivity contribution in [3.05, 3.63) is 53.4 Å². The van der Waals surface area contributed by atoms with Crippen molar-refractivity contribution in [1.29, 1.82) is 0 Å². The van der Waals surface area contributed by atoms with Crippen molar-refractivity contribution in [2.75, 3.05) is 6.54 Å². The number of carbonyl (C=O) groups excluding carboxylic acids is 1. The minimum absolute atomic E-state index is 0.0886. The van der Waals surface area contributed by atoms with Gasteiger partial charge in [-0.2, -0.15) is 0 Å². The molecular weight excluding hydrogens is 264 g/mol. The van der Waals surface area contributed by atoms with Crippen LogP contribution in [-0.4, -0.2) is 22.5 Å². The Bertz CT molecular complexity index is 606. The van der Waals surface area contributed by atoms with Crippen LogP contribution in [0.2, 0.25) is 0 Å². The second-order valence-corrected chi connectivity index (χ2v) is 5.59. The molecule has 0 radical (unpaired) electrons. The van der Waals surface area contributed by atoms with Gasteiger partial charge < -0.3 is 9.42 Å². The number of rotatable bonds is 4. The minimum Gasteiger partial charge on any atom is -0.361 e. The smallest absolute Gasteiger partial charge is 0.223 e. The largest absolute Gasteiger partial charge is 0.361 e. The molecule has 0 unspecified atom stereocenters. The standard InChI is InChI=1S/C17H20N2O2/c1-13-12-15(18-21-13)16-8-5-11-19(16)17(20)10-9-14-6-3-2-4-7-14/h2-4,6-7,12,16H,5,8-11H2,1H3/t16-/m1/s1. The topological polar surface area (TPSA) is 46.3 Å². The van der Waals surface area contributed by atoms with E-state index in [4.69, 9.17) is 4.52 Å². The van der Waals surface area contributed by atoms with Crippen molar-refractivity contribution >= 4 is 5.91 Å². The summed E-state index contributed by atoms with van der Waals surface area (Å²) in [6.07, 6.45) is 3.36. The molecule has 0 N–H and O–H groups in total. The Morgan fingerprint density at radius 3 is 2.90 bits per heavy atom. The molecular formula is C17H20N2O2. The molecule has 1 saturated heterocycles. The van der Waals surface area contributed by atoms with Crippen molar-refractivity contribution in [1.82, 2.24) is 10.1 Å². The van der Waals surface area contributed by atoms with Gasteiger partial charge in [0.25, 0.3) is 0 Å². The van der Waals surface area contributed by atoms with E-state index in [9.17, 15) is 4.79 Å². The number of aryl methyl sites for hydroxylation is 2. The zero-order chi connectivity index (χ0) is 14.7. The lowest BCUT2D eigenvalue weighted by atomic mass is 10.1. The zero-order valence-electron chi connectivity index (χ0n) is 12.3. The number of carbonyl (C=O) groups is 1. The van der Waals surface area contributed by atoms with Crippen molar-refractivity contribution in [2.24, 2.45) is 0 Å². The molecule has 110 valence electrons. The second-order valence-electron chi connectivity index (χ2n) is 5.59. The lowest BCUT2D eigenvalue weighted by Gasteiger charge is -2.23. The summed E-state index contributed by atoms with van der Waals surface area (Å²) in [6.45, 7) is 2.71. The summed E-state index contributed by atoms with van der Waals surface area (Å²) in [7, 11) is 0. The first-order chi connectivity index (χ1) is 10.2. The fourth-order valence-corrected chi connectivity index (χ4v) is 2.95. The maximum atomic E-state index is 12.5. The summed E-state index contributed by atoms with van der Waals surface area (Å²) >= 11 is 0. The molecule has 1 fully saturated rings. The van der Waals surface area contributed by atoms with Crippen LogP contribution in [-0.2, 0) is 11.2 Å². The molecule has 0 spiro atoms. The predicted molar refractivity (Wildman–Crippen MR) is 79.7 cm³/mol. The maximum Gasteiger partial charge on any atom is 0.223 e. The first-order valence-corrected chi connectivity index (χ1v) is 7.50. The Morgan fingerprint density at radius 1 is 1.38 bits per heavy atom. The van der Waals surface area contributed by atoms with E-state index < -0.39 is 0 Å². The molecule has 21 heavy (non-hydrogen) atoms. The van der Waals surface area contributed by atoms with Gasteiger partial charge in [-0.25, -0.2) is 0 Å². The van der Waals surface area contributed by atoms with E-state index in [1.165, 1.54) is 5.56 Å². The van der Waals surface area contributed by atoms with Gasteiger partial charge in [0.2, 0.25) is 5.91 Å². The van der Waals surface area contributed by atoms with E-state index in [2.05, 4.69) is 17.3 Å². The summed E-state index contributed by atoms with van der Waals surface area (Å²) in [5.41, 5.74) is 2.09. The van der Waals surface area contributed by atoms with Crippen LogP contribution in [0.4, 0.5) is 0 Å². The lowest BCUT2D eigenvalue weighted by Crippen LogP contribution is -2.30. The molecule has 4 heteroatoms. The average molecular weight is 284 g/mol. The Kier molecular flexibility index (Phi) is 4.04. The lowest BCUT2D eigenvalue weighted by molar-refractivity contribution is -0.132. The minimum atomic E-state index is 0.0886. The van der Waals surface area contributed by atoms with Gasteiger partial charge in [0.05, 0.1) is 6.04 Å². The number of nitrogens with zero attached hydrogens (tertiary/aromatic N) is 2. The van der Waals surface area contributed by atoms with Crippen LogP contribution >= 0.6 is 0 Å². The fourth-order valence-electron chi connectivity index (χ4n) is 2.95. The highest BCUT2D eigenvalue weighted by atomic mass is 16.5. The summed E-state index contributed by atoms with van der Waals surface area (Å²) in [5.74, 6) is 1.01. The normalized spacial score (nSPS) is 18.1. The summed E-state index contributed by atoms with van der Waals surface area (Å²) < 4.78 is 5.15. The average Bonchev–Trinajstić information content (AvgIpc) is 3.14. The van der Waals surface area contributed by atoms with Crippen LogP contribution in [0.25, 0.3) is 0 Å². The van der Waals surface area contributed by atoms with Gasteiger partial charge in [0.15, 0.2) is 0 Å². The van der Waals surface area contributed by atoms with Crippen molar-refractivity contribution in [3.63, 3.8) is 0 Å².